The van der Waals surface area contributed by atoms with Gasteiger partial charge < -0.3 is 14.2 Å². The minimum Gasteiger partial charge on any atom is -0.462 e. The van der Waals surface area contributed by atoms with Gasteiger partial charge in [-0.05, 0) is 57.8 Å². The lowest BCUT2D eigenvalue weighted by atomic mass is 10.0. The highest BCUT2D eigenvalue weighted by Gasteiger charge is 2.19. The van der Waals surface area contributed by atoms with Gasteiger partial charge in [0.15, 0.2) is 6.10 Å². The number of allylic oxidation sites excluding steroid dienone is 6. The van der Waals surface area contributed by atoms with Gasteiger partial charge in [0.05, 0.1) is 0 Å². The van der Waals surface area contributed by atoms with E-state index in [9.17, 15) is 14.4 Å². The summed E-state index contributed by atoms with van der Waals surface area (Å²) in [6.07, 6.45) is 81.8. The van der Waals surface area contributed by atoms with Gasteiger partial charge in [0.1, 0.15) is 13.2 Å². The van der Waals surface area contributed by atoms with Crippen LogP contribution in [-0.4, -0.2) is 37.2 Å². The standard InChI is InChI=1S/C71H132O6/c1-4-7-10-13-16-19-21-23-25-27-29-31-32-33-34-35-36-37-38-40-41-43-45-47-49-52-55-58-61-64-70(73)76-67-68(66-75-69(72)63-60-57-54-51-18-15-12-9-6-3)77-71(74)65-62-59-56-53-50-48-46-44-42-39-30-28-26-24-22-20-17-14-11-8-5-2/h21,23,27,29,32-33,68H,4-20,22,24-26,28,30-31,34-67H2,1-3H3/b23-21-,29-27-,33-32-. The van der Waals surface area contributed by atoms with E-state index in [2.05, 4.69) is 57.2 Å². The van der Waals surface area contributed by atoms with E-state index in [-0.39, 0.29) is 31.1 Å². The second-order valence-electron chi connectivity index (χ2n) is 23.5. The average Bonchev–Trinajstić information content (AvgIpc) is 3.43. The molecule has 0 spiro atoms. The third-order valence-electron chi connectivity index (χ3n) is 15.6. The van der Waals surface area contributed by atoms with Crippen LogP contribution in [0.15, 0.2) is 36.5 Å². The van der Waals surface area contributed by atoms with E-state index in [0.717, 1.165) is 70.6 Å². The van der Waals surface area contributed by atoms with Crippen LogP contribution in [0.5, 0.6) is 0 Å². The molecular weight excluding hydrogens is 949 g/mol. The van der Waals surface area contributed by atoms with Gasteiger partial charge in [-0.15, -0.1) is 0 Å². The Labute approximate surface area is 480 Å². The van der Waals surface area contributed by atoms with Crippen LogP contribution < -0.4 is 0 Å². The Bertz CT molecular complexity index is 1290. The van der Waals surface area contributed by atoms with Crippen LogP contribution in [0.2, 0.25) is 0 Å². The molecule has 0 aromatic heterocycles. The van der Waals surface area contributed by atoms with Crippen molar-refractivity contribution in [1.82, 2.24) is 0 Å². The molecule has 452 valence electrons. The molecule has 0 heterocycles. The summed E-state index contributed by atoms with van der Waals surface area (Å²) in [6.45, 7) is 6.68. The molecule has 0 bridgehead atoms. The van der Waals surface area contributed by atoms with Gasteiger partial charge in [0, 0.05) is 19.3 Å². The van der Waals surface area contributed by atoms with Crippen molar-refractivity contribution in [1.29, 1.82) is 0 Å². The number of unbranched alkanes of at least 4 members (excludes halogenated alkanes) is 47. The number of carbonyl (C=O) groups is 3. The molecule has 6 nitrogen and oxygen atoms in total. The normalized spacial score (nSPS) is 12.2. The Morgan fingerprint density at radius 2 is 0.468 bits per heavy atom. The highest BCUT2D eigenvalue weighted by Crippen LogP contribution is 2.18. The predicted octanol–water partition coefficient (Wildman–Crippen LogP) is 23.6. The topological polar surface area (TPSA) is 78.9 Å². The molecule has 0 aliphatic carbocycles. The fourth-order valence-electron chi connectivity index (χ4n) is 10.5. The average molecular weight is 1080 g/mol. The van der Waals surface area contributed by atoms with Gasteiger partial charge in [-0.2, -0.15) is 0 Å². The van der Waals surface area contributed by atoms with E-state index in [1.54, 1.807) is 0 Å². The molecule has 0 saturated heterocycles. The van der Waals surface area contributed by atoms with E-state index < -0.39 is 6.10 Å². The molecule has 1 atom stereocenters. The fourth-order valence-corrected chi connectivity index (χ4v) is 10.5. The Kier molecular flexibility index (Phi) is 64.1. The second kappa shape index (κ2) is 66.1. The van der Waals surface area contributed by atoms with Gasteiger partial charge >= 0.3 is 17.9 Å². The van der Waals surface area contributed by atoms with Gasteiger partial charge in [-0.1, -0.05) is 340 Å². The molecule has 0 saturated carbocycles. The van der Waals surface area contributed by atoms with Crippen molar-refractivity contribution in [2.24, 2.45) is 0 Å². The smallest absolute Gasteiger partial charge is 0.306 e. The number of ether oxygens (including phenoxy) is 3. The zero-order valence-corrected chi connectivity index (χ0v) is 52.0. The Hall–Kier alpha value is -2.37. The van der Waals surface area contributed by atoms with E-state index in [1.165, 1.54) is 270 Å². The molecule has 0 rings (SSSR count). The van der Waals surface area contributed by atoms with E-state index in [1.807, 2.05) is 0 Å². The summed E-state index contributed by atoms with van der Waals surface area (Å²) >= 11 is 0. The second-order valence-corrected chi connectivity index (χ2v) is 23.5. The van der Waals surface area contributed by atoms with Crippen LogP contribution in [0.3, 0.4) is 0 Å². The van der Waals surface area contributed by atoms with Crippen LogP contribution in [0, 0.1) is 0 Å². The first-order valence-corrected chi connectivity index (χ1v) is 34.5. The van der Waals surface area contributed by atoms with Crippen LogP contribution in [-0.2, 0) is 28.6 Å². The molecule has 0 amide bonds. The maximum absolute atomic E-state index is 12.9. The number of hydrogen-bond donors (Lipinski definition) is 0. The van der Waals surface area contributed by atoms with Crippen molar-refractivity contribution in [3.63, 3.8) is 0 Å². The molecule has 6 heteroatoms. The highest BCUT2D eigenvalue weighted by atomic mass is 16.6. The summed E-state index contributed by atoms with van der Waals surface area (Å²) in [4.78, 5) is 38.2. The number of carbonyl (C=O) groups excluding carboxylic acids is 3. The van der Waals surface area contributed by atoms with Crippen molar-refractivity contribution in [3.8, 4) is 0 Å². The van der Waals surface area contributed by atoms with Crippen LogP contribution in [0.1, 0.15) is 380 Å². The molecule has 0 aromatic carbocycles. The molecule has 0 aliphatic rings. The first kappa shape index (κ1) is 74.6. The molecule has 77 heavy (non-hydrogen) atoms. The maximum atomic E-state index is 12.9. The molecule has 0 N–H and O–H groups in total. The van der Waals surface area contributed by atoms with Gasteiger partial charge in [0.2, 0.25) is 0 Å². The molecule has 0 fully saturated rings. The third-order valence-corrected chi connectivity index (χ3v) is 15.6. The van der Waals surface area contributed by atoms with Gasteiger partial charge in [-0.3, -0.25) is 14.4 Å². The SMILES string of the molecule is CCCCCCC/C=C\C/C=C\C/C=C\CCCCCCCCCCCCCCCCC(=O)OCC(COC(=O)CCCCCCCCCCC)OC(=O)CCCCCCCCCCCCCCCCCCCCCCC. The summed E-state index contributed by atoms with van der Waals surface area (Å²) in [6, 6.07) is 0. The largest absolute Gasteiger partial charge is 0.462 e. The van der Waals surface area contributed by atoms with E-state index in [4.69, 9.17) is 14.2 Å². The first-order valence-electron chi connectivity index (χ1n) is 34.5. The molecule has 1 unspecified atom stereocenters. The molecule has 0 aromatic rings. The molecular formula is C71H132O6. The lowest BCUT2D eigenvalue weighted by Crippen LogP contribution is -2.30. The Balaban J connectivity index is 4.11. The lowest BCUT2D eigenvalue weighted by Gasteiger charge is -2.18. The zero-order valence-electron chi connectivity index (χ0n) is 52.0. The fraction of sp³-hybridized carbons (Fsp3) is 0.873. The van der Waals surface area contributed by atoms with Gasteiger partial charge in [0.25, 0.3) is 0 Å². The summed E-state index contributed by atoms with van der Waals surface area (Å²) < 4.78 is 16.9. The predicted molar refractivity (Wildman–Crippen MR) is 335 cm³/mol. The maximum Gasteiger partial charge on any atom is 0.306 e. The summed E-state index contributed by atoms with van der Waals surface area (Å²) in [5, 5.41) is 0. The van der Waals surface area contributed by atoms with E-state index >= 15 is 0 Å². The number of hydrogen-bond acceptors (Lipinski definition) is 6. The van der Waals surface area contributed by atoms with Crippen LogP contribution in [0.25, 0.3) is 0 Å². The minimum atomic E-state index is -0.767. The number of esters is 3. The molecule has 0 aliphatic heterocycles. The van der Waals surface area contributed by atoms with Gasteiger partial charge in [-0.25, -0.2) is 0 Å². The van der Waals surface area contributed by atoms with Crippen molar-refractivity contribution < 1.29 is 28.6 Å². The van der Waals surface area contributed by atoms with Crippen molar-refractivity contribution >= 4 is 17.9 Å². The summed E-state index contributed by atoms with van der Waals surface area (Å²) in [5.74, 6) is -0.842. The van der Waals surface area contributed by atoms with Crippen LogP contribution >= 0.6 is 0 Å². The van der Waals surface area contributed by atoms with Crippen molar-refractivity contribution in [2.45, 2.75) is 386 Å². The zero-order chi connectivity index (χ0) is 55.7. The summed E-state index contributed by atoms with van der Waals surface area (Å²) in [5.41, 5.74) is 0. The van der Waals surface area contributed by atoms with Crippen molar-refractivity contribution in [3.05, 3.63) is 36.5 Å². The minimum absolute atomic E-state index is 0.0661. The first-order chi connectivity index (χ1) is 38.0. The van der Waals surface area contributed by atoms with E-state index in [0.29, 0.717) is 19.3 Å². The Morgan fingerprint density at radius 1 is 0.260 bits per heavy atom. The van der Waals surface area contributed by atoms with Crippen molar-refractivity contribution in [2.75, 3.05) is 13.2 Å². The lowest BCUT2D eigenvalue weighted by molar-refractivity contribution is -0.167. The summed E-state index contributed by atoms with van der Waals surface area (Å²) in [7, 11) is 0. The molecule has 0 radical (unpaired) electrons. The van der Waals surface area contributed by atoms with Crippen LogP contribution in [0.4, 0.5) is 0 Å². The number of rotatable bonds is 64. The highest BCUT2D eigenvalue weighted by molar-refractivity contribution is 5.71. The quantitative estimate of drug-likeness (QED) is 0.0261. The Morgan fingerprint density at radius 3 is 0.727 bits per heavy atom. The third kappa shape index (κ3) is 64.3. The monoisotopic (exact) mass is 1080 g/mol.